The number of rotatable bonds is 7. The van der Waals surface area contributed by atoms with Crippen LogP contribution < -0.4 is 5.32 Å². The molecule has 0 radical (unpaired) electrons. The molecule has 1 N–H and O–H groups in total. The molecule has 2 aromatic rings. The van der Waals surface area contributed by atoms with Gasteiger partial charge in [-0.3, -0.25) is 4.99 Å². The van der Waals surface area contributed by atoms with E-state index in [4.69, 9.17) is 9.73 Å². The Labute approximate surface area is 179 Å². The predicted molar refractivity (Wildman–Crippen MR) is 121 cm³/mol. The first-order valence-corrected chi connectivity index (χ1v) is 12.1. The molecular formula is C23H31N3O3S. The number of guanidine groups is 1. The SMILES string of the molecule is CCNC(=NCCCS(=O)(=O)c1ccccc1)N1CCOC(c2ccccc2C)C1. The standard InChI is InChI=1S/C23H31N3O3S/c1-3-24-23(25-14-9-17-30(27,28)20-11-5-4-6-12-20)26-15-16-29-22(18-26)21-13-8-7-10-19(21)2/h4-8,10-13,22H,3,9,14-18H2,1-2H3,(H,24,25). The molecule has 0 aromatic heterocycles. The first-order valence-electron chi connectivity index (χ1n) is 10.5. The third kappa shape index (κ3) is 5.83. The van der Waals surface area contributed by atoms with Gasteiger partial charge in [-0.25, -0.2) is 8.42 Å². The Balaban J connectivity index is 1.62. The number of aliphatic imine (C=N–C) groups is 1. The molecule has 1 aliphatic heterocycles. The van der Waals surface area contributed by atoms with Crippen LogP contribution in [0.25, 0.3) is 0 Å². The number of sulfone groups is 1. The molecule has 1 heterocycles. The molecule has 162 valence electrons. The van der Waals surface area contributed by atoms with Gasteiger partial charge < -0.3 is 15.0 Å². The van der Waals surface area contributed by atoms with Crippen LogP contribution in [0.4, 0.5) is 0 Å². The molecule has 0 bridgehead atoms. The number of hydrogen-bond donors (Lipinski definition) is 1. The van der Waals surface area contributed by atoms with Crippen molar-refractivity contribution in [2.75, 3.05) is 38.5 Å². The summed E-state index contributed by atoms with van der Waals surface area (Å²) in [5.41, 5.74) is 2.42. The molecule has 3 rings (SSSR count). The zero-order valence-corrected chi connectivity index (χ0v) is 18.6. The smallest absolute Gasteiger partial charge is 0.194 e. The molecule has 0 spiro atoms. The zero-order valence-electron chi connectivity index (χ0n) is 17.8. The van der Waals surface area contributed by atoms with E-state index in [1.54, 1.807) is 24.3 Å². The zero-order chi connectivity index (χ0) is 21.4. The Kier molecular flexibility index (Phi) is 7.87. The maximum absolute atomic E-state index is 12.4. The lowest BCUT2D eigenvalue weighted by molar-refractivity contribution is -0.00832. The van der Waals surface area contributed by atoms with Crippen LogP contribution in [-0.2, 0) is 14.6 Å². The summed E-state index contributed by atoms with van der Waals surface area (Å²) in [7, 11) is -3.27. The number of hydrogen-bond acceptors (Lipinski definition) is 4. The fourth-order valence-corrected chi connectivity index (χ4v) is 4.91. The third-order valence-electron chi connectivity index (χ3n) is 5.17. The first-order chi connectivity index (χ1) is 14.5. The number of aryl methyl sites for hydroxylation is 1. The summed E-state index contributed by atoms with van der Waals surface area (Å²) >= 11 is 0. The van der Waals surface area contributed by atoms with Crippen molar-refractivity contribution in [2.45, 2.75) is 31.3 Å². The Morgan fingerprint density at radius 2 is 1.90 bits per heavy atom. The van der Waals surface area contributed by atoms with Crippen LogP contribution in [0.5, 0.6) is 0 Å². The average molecular weight is 430 g/mol. The van der Waals surface area contributed by atoms with Gasteiger partial charge in [0.1, 0.15) is 6.10 Å². The molecule has 2 aromatic carbocycles. The van der Waals surface area contributed by atoms with Gasteiger partial charge in [0, 0.05) is 19.6 Å². The monoisotopic (exact) mass is 429 g/mol. The number of morpholine rings is 1. The number of ether oxygens (including phenoxy) is 1. The summed E-state index contributed by atoms with van der Waals surface area (Å²) in [5.74, 6) is 0.908. The number of benzene rings is 2. The van der Waals surface area contributed by atoms with E-state index >= 15 is 0 Å². The number of nitrogens with zero attached hydrogens (tertiary/aromatic N) is 2. The summed E-state index contributed by atoms with van der Waals surface area (Å²) in [6, 6.07) is 16.9. The highest BCUT2D eigenvalue weighted by Crippen LogP contribution is 2.25. The maximum Gasteiger partial charge on any atom is 0.194 e. The maximum atomic E-state index is 12.4. The van der Waals surface area contributed by atoms with Crippen molar-refractivity contribution < 1.29 is 13.2 Å². The van der Waals surface area contributed by atoms with Crippen molar-refractivity contribution in [3.63, 3.8) is 0 Å². The molecular weight excluding hydrogens is 398 g/mol. The fraction of sp³-hybridized carbons (Fsp3) is 0.435. The second-order valence-electron chi connectivity index (χ2n) is 7.38. The van der Waals surface area contributed by atoms with E-state index in [9.17, 15) is 8.42 Å². The second kappa shape index (κ2) is 10.6. The minimum absolute atomic E-state index is 0.00210. The normalized spacial score (nSPS) is 17.7. The van der Waals surface area contributed by atoms with Crippen LogP contribution in [0.3, 0.4) is 0 Å². The summed E-state index contributed by atoms with van der Waals surface area (Å²) in [4.78, 5) is 7.27. The van der Waals surface area contributed by atoms with Crippen molar-refractivity contribution in [3.8, 4) is 0 Å². The molecule has 6 nitrogen and oxygen atoms in total. The minimum atomic E-state index is -3.27. The van der Waals surface area contributed by atoms with Gasteiger partial charge in [0.25, 0.3) is 0 Å². The highest BCUT2D eigenvalue weighted by atomic mass is 32.2. The van der Waals surface area contributed by atoms with E-state index in [-0.39, 0.29) is 11.9 Å². The van der Waals surface area contributed by atoms with Crippen LogP contribution >= 0.6 is 0 Å². The van der Waals surface area contributed by atoms with Crippen molar-refractivity contribution in [1.82, 2.24) is 10.2 Å². The van der Waals surface area contributed by atoms with Gasteiger partial charge in [-0.2, -0.15) is 0 Å². The lowest BCUT2D eigenvalue weighted by Crippen LogP contribution is -2.48. The van der Waals surface area contributed by atoms with Gasteiger partial charge in [-0.05, 0) is 43.5 Å². The van der Waals surface area contributed by atoms with Crippen LogP contribution in [0.1, 0.15) is 30.6 Å². The minimum Gasteiger partial charge on any atom is -0.370 e. The highest BCUT2D eigenvalue weighted by molar-refractivity contribution is 7.91. The van der Waals surface area contributed by atoms with Crippen LogP contribution in [0, 0.1) is 6.92 Å². The van der Waals surface area contributed by atoms with Crippen molar-refractivity contribution in [2.24, 2.45) is 4.99 Å². The molecule has 1 aliphatic rings. The van der Waals surface area contributed by atoms with E-state index in [2.05, 4.69) is 29.3 Å². The highest BCUT2D eigenvalue weighted by Gasteiger charge is 2.25. The van der Waals surface area contributed by atoms with Gasteiger partial charge in [0.15, 0.2) is 15.8 Å². The van der Waals surface area contributed by atoms with E-state index < -0.39 is 9.84 Å². The summed E-state index contributed by atoms with van der Waals surface area (Å²) in [5, 5.41) is 3.34. The van der Waals surface area contributed by atoms with Gasteiger partial charge in [0.05, 0.1) is 23.8 Å². The summed E-state index contributed by atoms with van der Waals surface area (Å²) in [6.45, 7) is 7.47. The van der Waals surface area contributed by atoms with Crippen molar-refractivity contribution in [1.29, 1.82) is 0 Å². The van der Waals surface area contributed by atoms with Crippen molar-refractivity contribution >= 4 is 15.8 Å². The lowest BCUT2D eigenvalue weighted by Gasteiger charge is -2.35. The Morgan fingerprint density at radius 3 is 2.63 bits per heavy atom. The largest absolute Gasteiger partial charge is 0.370 e. The quantitative estimate of drug-likeness (QED) is 0.416. The van der Waals surface area contributed by atoms with Crippen LogP contribution in [0.2, 0.25) is 0 Å². The molecule has 1 fully saturated rings. The van der Waals surface area contributed by atoms with Gasteiger partial charge in [0.2, 0.25) is 0 Å². The van der Waals surface area contributed by atoms with Gasteiger partial charge >= 0.3 is 0 Å². The summed E-state index contributed by atoms with van der Waals surface area (Å²) in [6.07, 6.45) is 0.486. The molecule has 0 amide bonds. The van der Waals surface area contributed by atoms with Gasteiger partial charge in [-0.15, -0.1) is 0 Å². The van der Waals surface area contributed by atoms with Crippen LogP contribution in [-0.4, -0.2) is 57.8 Å². The Morgan fingerprint density at radius 1 is 1.17 bits per heavy atom. The third-order valence-corrected chi connectivity index (χ3v) is 6.99. The Bertz CT molecular complexity index is 945. The molecule has 0 saturated carbocycles. The fourth-order valence-electron chi connectivity index (χ4n) is 3.59. The molecule has 7 heteroatoms. The topological polar surface area (TPSA) is 71.0 Å². The summed E-state index contributed by atoms with van der Waals surface area (Å²) < 4.78 is 30.9. The van der Waals surface area contributed by atoms with E-state index in [0.29, 0.717) is 24.5 Å². The second-order valence-corrected chi connectivity index (χ2v) is 9.49. The Hall–Kier alpha value is -2.38. The predicted octanol–water partition coefficient (Wildman–Crippen LogP) is 3.20. The molecule has 1 unspecified atom stereocenters. The molecule has 1 saturated heterocycles. The molecule has 1 atom stereocenters. The first kappa shape index (κ1) is 22.3. The van der Waals surface area contributed by atoms with E-state index in [1.165, 1.54) is 11.1 Å². The molecule has 30 heavy (non-hydrogen) atoms. The van der Waals surface area contributed by atoms with Crippen LogP contribution in [0.15, 0.2) is 64.5 Å². The van der Waals surface area contributed by atoms with Gasteiger partial charge in [-0.1, -0.05) is 42.5 Å². The average Bonchev–Trinajstić information content (AvgIpc) is 2.77. The van der Waals surface area contributed by atoms with Crippen molar-refractivity contribution in [3.05, 3.63) is 65.7 Å². The molecule has 0 aliphatic carbocycles. The lowest BCUT2D eigenvalue weighted by atomic mass is 10.0. The van der Waals surface area contributed by atoms with E-state index in [1.807, 2.05) is 25.1 Å². The van der Waals surface area contributed by atoms with E-state index in [0.717, 1.165) is 25.6 Å². The number of nitrogens with one attached hydrogen (secondary N) is 1.